The van der Waals surface area contributed by atoms with E-state index in [1.165, 1.54) is 6.07 Å². The van der Waals surface area contributed by atoms with E-state index in [1.807, 2.05) is 67.3 Å². The minimum Gasteiger partial charge on any atom is -0.490 e. The molecule has 1 fully saturated rings. The van der Waals surface area contributed by atoms with Crippen molar-refractivity contribution in [1.82, 2.24) is 15.1 Å². The Hall–Kier alpha value is -4.11. The van der Waals surface area contributed by atoms with Crippen LogP contribution in [0.5, 0.6) is 11.5 Å². The SMILES string of the molecule is CCOc1cc2c(cc1OCC)[C@@H]1[C@H](C(=O)NCCN3CCN(c4ccccc4F)CC3)c3ccccc3C(=O)N1CC2. The highest BCUT2D eigenvalue weighted by Crippen LogP contribution is 2.48. The highest BCUT2D eigenvalue weighted by Gasteiger charge is 2.46. The number of para-hydroxylation sites is 1. The van der Waals surface area contributed by atoms with Crippen LogP contribution in [0.4, 0.5) is 10.1 Å². The number of piperazine rings is 1. The molecule has 0 radical (unpaired) electrons. The molecule has 9 heteroatoms. The van der Waals surface area contributed by atoms with Gasteiger partial charge in [-0.1, -0.05) is 30.3 Å². The first-order chi connectivity index (χ1) is 21.0. The summed E-state index contributed by atoms with van der Waals surface area (Å²) < 4.78 is 26.1. The summed E-state index contributed by atoms with van der Waals surface area (Å²) in [5, 5.41) is 3.19. The predicted molar refractivity (Wildman–Crippen MR) is 164 cm³/mol. The molecule has 3 aliphatic rings. The molecule has 3 heterocycles. The zero-order valence-electron chi connectivity index (χ0n) is 24.9. The van der Waals surface area contributed by atoms with Crippen LogP contribution in [0.3, 0.4) is 0 Å². The van der Waals surface area contributed by atoms with Crippen molar-refractivity contribution in [2.75, 3.05) is 63.9 Å². The number of hydrogen-bond donors (Lipinski definition) is 1. The van der Waals surface area contributed by atoms with Crippen LogP contribution in [0.25, 0.3) is 0 Å². The third-order valence-electron chi connectivity index (χ3n) is 8.76. The fraction of sp³-hybridized carbons (Fsp3) is 0.412. The molecule has 0 spiro atoms. The van der Waals surface area contributed by atoms with Gasteiger partial charge in [-0.25, -0.2) is 4.39 Å². The molecule has 226 valence electrons. The van der Waals surface area contributed by atoms with E-state index in [4.69, 9.17) is 9.47 Å². The molecule has 0 saturated carbocycles. The maximum absolute atomic E-state index is 14.3. The first kappa shape index (κ1) is 29.0. The maximum Gasteiger partial charge on any atom is 0.254 e. The lowest BCUT2D eigenvalue weighted by Gasteiger charge is -2.45. The van der Waals surface area contributed by atoms with Crippen LogP contribution in [-0.2, 0) is 11.2 Å². The number of carbonyl (C=O) groups is 2. The van der Waals surface area contributed by atoms with E-state index in [1.54, 1.807) is 6.07 Å². The summed E-state index contributed by atoms with van der Waals surface area (Å²) >= 11 is 0. The van der Waals surface area contributed by atoms with Crippen molar-refractivity contribution in [2.45, 2.75) is 32.2 Å². The zero-order chi connectivity index (χ0) is 29.9. The molecule has 3 aliphatic heterocycles. The minimum absolute atomic E-state index is 0.0464. The van der Waals surface area contributed by atoms with Gasteiger partial charge in [0.1, 0.15) is 5.82 Å². The van der Waals surface area contributed by atoms with Crippen molar-refractivity contribution in [1.29, 1.82) is 0 Å². The van der Waals surface area contributed by atoms with Crippen molar-refractivity contribution in [3.8, 4) is 11.5 Å². The Kier molecular flexibility index (Phi) is 8.51. The zero-order valence-corrected chi connectivity index (χ0v) is 24.9. The summed E-state index contributed by atoms with van der Waals surface area (Å²) in [4.78, 5) is 34.0. The van der Waals surface area contributed by atoms with Crippen LogP contribution < -0.4 is 19.7 Å². The van der Waals surface area contributed by atoms with Crippen LogP contribution >= 0.6 is 0 Å². The van der Waals surface area contributed by atoms with E-state index in [0.717, 1.165) is 42.9 Å². The van der Waals surface area contributed by atoms with Gasteiger partial charge < -0.3 is 24.6 Å². The molecule has 1 N–H and O–H groups in total. The summed E-state index contributed by atoms with van der Waals surface area (Å²) in [6, 6.07) is 17.9. The molecular weight excluding hydrogens is 547 g/mol. The number of rotatable bonds is 9. The fourth-order valence-electron chi connectivity index (χ4n) is 6.72. The third kappa shape index (κ3) is 5.66. The van der Waals surface area contributed by atoms with Crippen molar-refractivity contribution >= 4 is 17.5 Å². The van der Waals surface area contributed by atoms with Gasteiger partial charge in [-0.05, 0) is 67.3 Å². The van der Waals surface area contributed by atoms with E-state index in [2.05, 4.69) is 15.1 Å². The summed E-state index contributed by atoms with van der Waals surface area (Å²) in [7, 11) is 0. The Morgan fingerprint density at radius 3 is 2.35 bits per heavy atom. The monoisotopic (exact) mass is 586 g/mol. The standard InChI is InChI=1S/C34H39FN4O4/c1-3-42-29-21-23-13-15-39-32(26(23)22-30(29)43-4-2)31(24-9-5-6-10-25(24)34(39)41)33(40)36-14-16-37-17-19-38(20-18-37)28-12-8-7-11-27(28)35/h5-12,21-22,31-32H,3-4,13-20H2,1-2H3,(H,36,40)/t31-,32-/m1/s1. The first-order valence-corrected chi connectivity index (χ1v) is 15.3. The Balaban J connectivity index is 1.20. The van der Waals surface area contributed by atoms with Crippen LogP contribution in [0, 0.1) is 5.82 Å². The third-order valence-corrected chi connectivity index (χ3v) is 8.76. The molecule has 3 aromatic carbocycles. The first-order valence-electron chi connectivity index (χ1n) is 15.3. The lowest BCUT2D eigenvalue weighted by molar-refractivity contribution is -0.124. The number of carbonyl (C=O) groups excluding carboxylic acids is 2. The van der Waals surface area contributed by atoms with E-state index >= 15 is 0 Å². The van der Waals surface area contributed by atoms with Gasteiger partial charge in [-0.3, -0.25) is 14.5 Å². The molecule has 8 nitrogen and oxygen atoms in total. The number of amides is 2. The average Bonchev–Trinajstić information content (AvgIpc) is 3.02. The number of nitrogens with one attached hydrogen (secondary N) is 1. The summed E-state index contributed by atoms with van der Waals surface area (Å²) in [6.45, 7) is 9.61. The van der Waals surface area contributed by atoms with E-state index in [9.17, 15) is 14.0 Å². The van der Waals surface area contributed by atoms with Crippen LogP contribution in [0.15, 0.2) is 60.7 Å². The molecule has 0 aliphatic carbocycles. The summed E-state index contributed by atoms with van der Waals surface area (Å²) in [5.41, 5.74) is 3.99. The average molecular weight is 587 g/mol. The Morgan fingerprint density at radius 1 is 0.907 bits per heavy atom. The summed E-state index contributed by atoms with van der Waals surface area (Å²) in [6.07, 6.45) is 0.680. The second-order valence-corrected chi connectivity index (χ2v) is 11.2. The van der Waals surface area contributed by atoms with Crippen molar-refractivity contribution < 1.29 is 23.5 Å². The second-order valence-electron chi connectivity index (χ2n) is 11.2. The number of nitrogens with zero attached hydrogens (tertiary/aromatic N) is 3. The highest BCUT2D eigenvalue weighted by atomic mass is 19.1. The van der Waals surface area contributed by atoms with Gasteiger partial charge in [0.25, 0.3) is 5.91 Å². The van der Waals surface area contributed by atoms with Crippen LogP contribution in [0.2, 0.25) is 0 Å². The molecule has 6 rings (SSSR count). The number of hydrogen-bond acceptors (Lipinski definition) is 6. The molecule has 43 heavy (non-hydrogen) atoms. The maximum atomic E-state index is 14.3. The van der Waals surface area contributed by atoms with Gasteiger partial charge in [-0.15, -0.1) is 0 Å². The normalized spacial score (nSPS) is 19.7. The van der Waals surface area contributed by atoms with E-state index < -0.39 is 12.0 Å². The fourth-order valence-corrected chi connectivity index (χ4v) is 6.72. The van der Waals surface area contributed by atoms with Gasteiger partial charge in [0.05, 0.1) is 30.9 Å². The van der Waals surface area contributed by atoms with Crippen LogP contribution in [-0.4, -0.2) is 80.6 Å². The van der Waals surface area contributed by atoms with Gasteiger partial charge in [0.2, 0.25) is 5.91 Å². The van der Waals surface area contributed by atoms with Gasteiger partial charge in [0.15, 0.2) is 11.5 Å². The summed E-state index contributed by atoms with van der Waals surface area (Å²) in [5.74, 6) is 0.420. The molecule has 1 saturated heterocycles. The molecule has 0 bridgehead atoms. The number of fused-ring (bicyclic) bond motifs is 4. The lowest BCUT2D eigenvalue weighted by Crippen LogP contribution is -2.51. The number of anilines is 1. The highest BCUT2D eigenvalue weighted by molar-refractivity contribution is 6.01. The van der Waals surface area contributed by atoms with E-state index in [-0.39, 0.29) is 17.6 Å². The lowest BCUT2D eigenvalue weighted by atomic mass is 9.75. The number of benzene rings is 3. The van der Waals surface area contributed by atoms with Gasteiger partial charge >= 0.3 is 0 Å². The molecule has 2 atom stereocenters. The van der Waals surface area contributed by atoms with Crippen molar-refractivity contribution in [3.63, 3.8) is 0 Å². The Labute approximate surface area is 252 Å². The molecule has 0 aromatic heterocycles. The number of halogens is 1. The molecule has 3 aromatic rings. The molecular formula is C34H39FN4O4. The van der Waals surface area contributed by atoms with Gasteiger partial charge in [0, 0.05) is 51.4 Å². The topological polar surface area (TPSA) is 74.4 Å². The second kappa shape index (κ2) is 12.6. The van der Waals surface area contributed by atoms with Crippen molar-refractivity contribution in [2.24, 2.45) is 0 Å². The van der Waals surface area contributed by atoms with Gasteiger partial charge in [-0.2, -0.15) is 0 Å². The van der Waals surface area contributed by atoms with E-state index in [0.29, 0.717) is 62.0 Å². The predicted octanol–water partition coefficient (Wildman–Crippen LogP) is 4.40. The minimum atomic E-state index is -0.557. The molecule has 0 unspecified atom stereocenters. The largest absolute Gasteiger partial charge is 0.490 e. The quantitative estimate of drug-likeness (QED) is 0.401. The Morgan fingerprint density at radius 2 is 1.60 bits per heavy atom. The number of ether oxygens (including phenoxy) is 2. The van der Waals surface area contributed by atoms with Crippen LogP contribution in [0.1, 0.15) is 52.9 Å². The Bertz CT molecular complexity index is 1490. The smallest absolute Gasteiger partial charge is 0.254 e. The molecule has 2 amide bonds. The van der Waals surface area contributed by atoms with Crippen molar-refractivity contribution in [3.05, 3.63) is 88.7 Å².